The normalized spacial score (nSPS) is 22.2. The molecule has 4 nitrogen and oxygen atoms in total. The number of nitrogens with zero attached hydrogens (tertiary/aromatic N) is 1. The van der Waals surface area contributed by atoms with E-state index in [1.165, 1.54) is 12.3 Å². The third-order valence-electron chi connectivity index (χ3n) is 3.82. The average Bonchev–Trinajstić information content (AvgIpc) is 2.50. The lowest BCUT2D eigenvalue weighted by atomic mass is 9.95. The summed E-state index contributed by atoms with van der Waals surface area (Å²) >= 11 is 0. The van der Waals surface area contributed by atoms with Gasteiger partial charge in [0.2, 0.25) is 5.88 Å². The van der Waals surface area contributed by atoms with Crippen molar-refractivity contribution in [3.8, 4) is 5.88 Å². The van der Waals surface area contributed by atoms with Gasteiger partial charge in [0.25, 0.3) is 0 Å². The minimum Gasteiger partial charge on any atom is -0.474 e. The van der Waals surface area contributed by atoms with Gasteiger partial charge >= 0.3 is 0 Å². The Kier molecular flexibility index (Phi) is 6.39. The van der Waals surface area contributed by atoms with Crippen LogP contribution in [0.2, 0.25) is 0 Å². The van der Waals surface area contributed by atoms with Crippen molar-refractivity contribution in [1.82, 2.24) is 10.3 Å². The predicted molar refractivity (Wildman–Crippen MR) is 79.9 cm³/mol. The van der Waals surface area contributed by atoms with Gasteiger partial charge in [-0.15, -0.1) is 0 Å². The smallest absolute Gasteiger partial charge is 0.218 e. The molecule has 0 bridgehead atoms. The molecule has 1 aromatic rings. The number of rotatable bonds is 7. The molecule has 1 aliphatic rings. The molecule has 2 rings (SSSR count). The Hall–Kier alpha value is -1.20. The Labute approximate surface area is 126 Å². The van der Waals surface area contributed by atoms with Gasteiger partial charge in [-0.05, 0) is 38.3 Å². The third kappa shape index (κ3) is 4.93. The first-order chi connectivity index (χ1) is 10.2. The van der Waals surface area contributed by atoms with Crippen molar-refractivity contribution in [2.45, 2.75) is 57.8 Å². The molecular weight excluding hydrogens is 271 g/mol. The predicted octanol–water partition coefficient (Wildman–Crippen LogP) is 3.06. The summed E-state index contributed by atoms with van der Waals surface area (Å²) in [6.07, 6.45) is 6.66. The zero-order valence-electron chi connectivity index (χ0n) is 12.9. The SMILES string of the molecule is CCCNCc1cc(F)cnc1OC1CCCC(OC)C1. The van der Waals surface area contributed by atoms with Gasteiger partial charge in [-0.2, -0.15) is 0 Å². The van der Waals surface area contributed by atoms with Gasteiger partial charge in [-0.1, -0.05) is 6.92 Å². The van der Waals surface area contributed by atoms with Gasteiger partial charge in [0.15, 0.2) is 0 Å². The van der Waals surface area contributed by atoms with E-state index in [-0.39, 0.29) is 18.0 Å². The van der Waals surface area contributed by atoms with Gasteiger partial charge in [-0.25, -0.2) is 9.37 Å². The van der Waals surface area contributed by atoms with E-state index in [1.54, 1.807) is 7.11 Å². The average molecular weight is 296 g/mol. The first-order valence-corrected chi connectivity index (χ1v) is 7.77. The molecule has 1 N–H and O–H groups in total. The van der Waals surface area contributed by atoms with Crippen LogP contribution in [-0.4, -0.2) is 30.8 Å². The lowest BCUT2D eigenvalue weighted by Gasteiger charge is -2.28. The second-order valence-electron chi connectivity index (χ2n) is 5.56. The van der Waals surface area contributed by atoms with Crippen LogP contribution in [0.1, 0.15) is 44.6 Å². The molecule has 1 aliphatic carbocycles. The third-order valence-corrected chi connectivity index (χ3v) is 3.82. The van der Waals surface area contributed by atoms with E-state index >= 15 is 0 Å². The summed E-state index contributed by atoms with van der Waals surface area (Å²) in [4.78, 5) is 4.12. The molecule has 1 heterocycles. The molecule has 0 spiro atoms. The Balaban J connectivity index is 2.00. The van der Waals surface area contributed by atoms with E-state index in [0.717, 1.165) is 44.2 Å². The molecule has 0 aliphatic heterocycles. The lowest BCUT2D eigenvalue weighted by Crippen LogP contribution is -2.30. The molecule has 0 aromatic carbocycles. The van der Waals surface area contributed by atoms with Crippen LogP contribution in [0.15, 0.2) is 12.3 Å². The quantitative estimate of drug-likeness (QED) is 0.785. The van der Waals surface area contributed by atoms with Crippen molar-refractivity contribution in [3.05, 3.63) is 23.6 Å². The van der Waals surface area contributed by atoms with Crippen LogP contribution in [0.25, 0.3) is 0 Å². The Bertz CT molecular complexity index is 442. The van der Waals surface area contributed by atoms with E-state index in [4.69, 9.17) is 9.47 Å². The van der Waals surface area contributed by atoms with Crippen molar-refractivity contribution in [1.29, 1.82) is 0 Å². The van der Waals surface area contributed by atoms with Gasteiger partial charge in [-0.3, -0.25) is 0 Å². The summed E-state index contributed by atoms with van der Waals surface area (Å²) in [5.41, 5.74) is 0.781. The number of hydrogen-bond acceptors (Lipinski definition) is 4. The molecule has 5 heteroatoms. The van der Waals surface area contributed by atoms with Gasteiger partial charge in [0.05, 0.1) is 12.3 Å². The summed E-state index contributed by atoms with van der Waals surface area (Å²) in [6.45, 7) is 3.57. The van der Waals surface area contributed by atoms with Crippen LogP contribution in [0.3, 0.4) is 0 Å². The number of hydrogen-bond donors (Lipinski definition) is 1. The summed E-state index contributed by atoms with van der Waals surface area (Å²) < 4.78 is 24.8. The number of pyridine rings is 1. The Morgan fingerprint density at radius 1 is 1.38 bits per heavy atom. The lowest BCUT2D eigenvalue weighted by molar-refractivity contribution is 0.0191. The number of aromatic nitrogens is 1. The van der Waals surface area contributed by atoms with E-state index < -0.39 is 0 Å². The fourth-order valence-corrected chi connectivity index (χ4v) is 2.68. The van der Waals surface area contributed by atoms with Crippen molar-refractivity contribution >= 4 is 0 Å². The highest BCUT2D eigenvalue weighted by molar-refractivity contribution is 5.26. The fourth-order valence-electron chi connectivity index (χ4n) is 2.68. The minimum atomic E-state index is -0.325. The van der Waals surface area contributed by atoms with Crippen molar-refractivity contribution < 1.29 is 13.9 Å². The summed E-state index contributed by atoms with van der Waals surface area (Å²) in [5, 5.41) is 3.26. The molecule has 0 radical (unpaired) electrons. The molecule has 0 amide bonds. The monoisotopic (exact) mass is 296 g/mol. The summed E-state index contributed by atoms with van der Waals surface area (Å²) in [5.74, 6) is 0.218. The van der Waals surface area contributed by atoms with Crippen molar-refractivity contribution in [2.75, 3.05) is 13.7 Å². The first-order valence-electron chi connectivity index (χ1n) is 7.77. The highest BCUT2D eigenvalue weighted by Crippen LogP contribution is 2.26. The molecule has 118 valence electrons. The molecule has 1 saturated carbocycles. The van der Waals surface area contributed by atoms with E-state index in [9.17, 15) is 4.39 Å². The number of halogens is 1. The number of ether oxygens (including phenoxy) is 2. The second-order valence-corrected chi connectivity index (χ2v) is 5.56. The minimum absolute atomic E-state index is 0.103. The van der Waals surface area contributed by atoms with Crippen LogP contribution in [0.5, 0.6) is 5.88 Å². The van der Waals surface area contributed by atoms with Crippen LogP contribution in [0, 0.1) is 5.82 Å². The molecule has 1 aromatic heterocycles. The van der Waals surface area contributed by atoms with Gasteiger partial charge < -0.3 is 14.8 Å². The van der Waals surface area contributed by atoms with Crippen LogP contribution >= 0.6 is 0 Å². The maximum atomic E-state index is 13.4. The topological polar surface area (TPSA) is 43.4 Å². The fraction of sp³-hybridized carbons (Fsp3) is 0.688. The first kappa shape index (κ1) is 16.2. The van der Waals surface area contributed by atoms with E-state index in [1.807, 2.05) is 0 Å². The maximum absolute atomic E-state index is 13.4. The molecular formula is C16H25FN2O2. The summed E-state index contributed by atoms with van der Waals surface area (Å²) in [7, 11) is 1.74. The van der Waals surface area contributed by atoms with Gasteiger partial charge in [0.1, 0.15) is 11.9 Å². The number of methoxy groups -OCH3 is 1. The second kappa shape index (κ2) is 8.29. The largest absolute Gasteiger partial charge is 0.474 e. The van der Waals surface area contributed by atoms with Crippen molar-refractivity contribution in [3.63, 3.8) is 0 Å². The molecule has 2 unspecified atom stereocenters. The Morgan fingerprint density at radius 2 is 2.19 bits per heavy atom. The number of nitrogens with one attached hydrogen (secondary N) is 1. The van der Waals surface area contributed by atoms with Crippen LogP contribution in [-0.2, 0) is 11.3 Å². The molecule has 21 heavy (non-hydrogen) atoms. The zero-order chi connectivity index (χ0) is 15.1. The highest BCUT2D eigenvalue weighted by atomic mass is 19.1. The molecule has 2 atom stereocenters. The Morgan fingerprint density at radius 3 is 2.95 bits per heavy atom. The maximum Gasteiger partial charge on any atom is 0.218 e. The van der Waals surface area contributed by atoms with Crippen LogP contribution < -0.4 is 10.1 Å². The van der Waals surface area contributed by atoms with E-state index in [2.05, 4.69) is 17.2 Å². The van der Waals surface area contributed by atoms with E-state index in [0.29, 0.717) is 12.4 Å². The molecule has 0 saturated heterocycles. The van der Waals surface area contributed by atoms with Crippen LogP contribution in [0.4, 0.5) is 4.39 Å². The summed E-state index contributed by atoms with van der Waals surface area (Å²) in [6, 6.07) is 1.50. The van der Waals surface area contributed by atoms with Crippen molar-refractivity contribution in [2.24, 2.45) is 0 Å². The molecule has 1 fully saturated rings. The standard InChI is InChI=1S/C16H25FN2O2/c1-3-7-18-10-12-8-13(17)11-19-16(12)21-15-6-4-5-14(9-15)20-2/h8,11,14-15,18H,3-7,9-10H2,1-2H3. The van der Waals surface area contributed by atoms with Gasteiger partial charge in [0, 0.05) is 25.6 Å². The highest BCUT2D eigenvalue weighted by Gasteiger charge is 2.24. The zero-order valence-corrected chi connectivity index (χ0v) is 12.9.